The molecular weight excluding hydrogens is 364 g/mol. The second-order valence-electron chi connectivity index (χ2n) is 6.21. The average Bonchev–Trinajstić information content (AvgIpc) is 2.64. The van der Waals surface area contributed by atoms with Crippen LogP contribution in [0.1, 0.15) is 16.1 Å². The van der Waals surface area contributed by atoms with E-state index in [9.17, 15) is 9.59 Å². The fourth-order valence-electron chi connectivity index (χ4n) is 2.62. The maximum Gasteiger partial charge on any atom is 0.276 e. The van der Waals surface area contributed by atoms with Gasteiger partial charge in [-0.2, -0.15) is 5.10 Å². The SMILES string of the molecule is CN(C)c1ccc(Cl)cc1NC(=O)c1ccc(=O)n(Cc2ccccc2)n1. The molecule has 1 aromatic heterocycles. The molecule has 27 heavy (non-hydrogen) atoms. The van der Waals surface area contributed by atoms with Crippen molar-refractivity contribution >= 4 is 28.9 Å². The zero-order chi connectivity index (χ0) is 19.4. The molecule has 1 amide bonds. The molecule has 0 aliphatic carbocycles. The molecule has 3 aromatic rings. The Balaban J connectivity index is 1.87. The Morgan fingerprint density at radius 3 is 2.56 bits per heavy atom. The van der Waals surface area contributed by atoms with Gasteiger partial charge in [-0.3, -0.25) is 9.59 Å². The molecule has 0 bridgehead atoms. The van der Waals surface area contributed by atoms with E-state index in [2.05, 4.69) is 10.4 Å². The second-order valence-corrected chi connectivity index (χ2v) is 6.65. The van der Waals surface area contributed by atoms with Gasteiger partial charge in [0, 0.05) is 25.2 Å². The van der Waals surface area contributed by atoms with Crippen molar-refractivity contribution in [3.05, 3.63) is 87.3 Å². The minimum atomic E-state index is -0.415. The van der Waals surface area contributed by atoms with E-state index < -0.39 is 5.91 Å². The largest absolute Gasteiger partial charge is 0.376 e. The molecule has 0 unspecified atom stereocenters. The van der Waals surface area contributed by atoms with Crippen molar-refractivity contribution in [1.82, 2.24) is 9.78 Å². The molecule has 3 rings (SSSR count). The molecule has 1 N–H and O–H groups in total. The van der Waals surface area contributed by atoms with Crippen molar-refractivity contribution in [1.29, 1.82) is 0 Å². The number of anilines is 2. The third kappa shape index (κ3) is 4.54. The fourth-order valence-corrected chi connectivity index (χ4v) is 2.80. The maximum absolute atomic E-state index is 12.7. The predicted molar refractivity (Wildman–Crippen MR) is 108 cm³/mol. The molecule has 0 aliphatic heterocycles. The topological polar surface area (TPSA) is 67.2 Å². The van der Waals surface area contributed by atoms with Gasteiger partial charge in [0.15, 0.2) is 0 Å². The lowest BCUT2D eigenvalue weighted by Gasteiger charge is -2.18. The summed E-state index contributed by atoms with van der Waals surface area (Å²) in [5, 5.41) is 7.53. The van der Waals surface area contributed by atoms with Gasteiger partial charge in [-0.25, -0.2) is 4.68 Å². The first kappa shape index (κ1) is 18.7. The smallest absolute Gasteiger partial charge is 0.276 e. The van der Waals surface area contributed by atoms with Crippen LogP contribution in [0.25, 0.3) is 0 Å². The number of benzene rings is 2. The van der Waals surface area contributed by atoms with Crippen LogP contribution in [0, 0.1) is 0 Å². The van der Waals surface area contributed by atoms with E-state index in [0.29, 0.717) is 17.3 Å². The van der Waals surface area contributed by atoms with Gasteiger partial charge in [-0.05, 0) is 29.8 Å². The van der Waals surface area contributed by atoms with E-state index >= 15 is 0 Å². The van der Waals surface area contributed by atoms with E-state index in [0.717, 1.165) is 11.3 Å². The van der Waals surface area contributed by atoms with E-state index in [1.807, 2.05) is 55.4 Å². The molecule has 2 aromatic carbocycles. The Labute approximate surface area is 162 Å². The van der Waals surface area contributed by atoms with Gasteiger partial charge in [-0.1, -0.05) is 41.9 Å². The number of hydrogen-bond acceptors (Lipinski definition) is 4. The van der Waals surface area contributed by atoms with Crippen LogP contribution in [-0.2, 0) is 6.54 Å². The normalized spacial score (nSPS) is 10.5. The van der Waals surface area contributed by atoms with Crippen molar-refractivity contribution in [2.75, 3.05) is 24.3 Å². The molecule has 6 nitrogen and oxygen atoms in total. The van der Waals surface area contributed by atoms with Crippen LogP contribution >= 0.6 is 11.6 Å². The van der Waals surface area contributed by atoms with Gasteiger partial charge in [-0.15, -0.1) is 0 Å². The van der Waals surface area contributed by atoms with Crippen molar-refractivity contribution in [2.24, 2.45) is 0 Å². The zero-order valence-electron chi connectivity index (χ0n) is 15.0. The van der Waals surface area contributed by atoms with E-state index in [1.54, 1.807) is 12.1 Å². The average molecular weight is 383 g/mol. The first-order valence-corrected chi connectivity index (χ1v) is 8.72. The van der Waals surface area contributed by atoms with Crippen LogP contribution in [-0.4, -0.2) is 29.8 Å². The standard InChI is InChI=1S/C20H19ClN4O2/c1-24(2)18-10-8-15(21)12-17(18)22-20(27)16-9-11-19(26)25(23-16)13-14-6-4-3-5-7-14/h3-12H,13H2,1-2H3,(H,22,27). The Morgan fingerprint density at radius 2 is 1.85 bits per heavy atom. The van der Waals surface area contributed by atoms with Crippen LogP contribution in [0.5, 0.6) is 0 Å². The minimum absolute atomic E-state index is 0.148. The molecule has 0 spiro atoms. The highest BCUT2D eigenvalue weighted by Gasteiger charge is 2.14. The van der Waals surface area contributed by atoms with E-state index in [4.69, 9.17) is 11.6 Å². The monoisotopic (exact) mass is 382 g/mol. The van der Waals surface area contributed by atoms with Crippen LogP contribution < -0.4 is 15.8 Å². The van der Waals surface area contributed by atoms with Crippen LogP contribution in [0.15, 0.2) is 65.5 Å². The number of aromatic nitrogens is 2. The predicted octanol–water partition coefficient (Wildman–Crippen LogP) is 3.26. The summed E-state index contributed by atoms with van der Waals surface area (Å²) in [6.07, 6.45) is 0. The van der Waals surface area contributed by atoms with Crippen molar-refractivity contribution in [3.8, 4) is 0 Å². The van der Waals surface area contributed by atoms with Crippen LogP contribution in [0.2, 0.25) is 5.02 Å². The number of nitrogens with one attached hydrogen (secondary N) is 1. The highest BCUT2D eigenvalue weighted by atomic mass is 35.5. The number of nitrogens with zero attached hydrogens (tertiary/aromatic N) is 3. The number of rotatable bonds is 5. The maximum atomic E-state index is 12.7. The van der Waals surface area contributed by atoms with Crippen molar-refractivity contribution < 1.29 is 4.79 Å². The van der Waals surface area contributed by atoms with E-state index in [-0.39, 0.29) is 11.3 Å². The number of hydrogen-bond donors (Lipinski definition) is 1. The second kappa shape index (κ2) is 8.05. The lowest BCUT2D eigenvalue weighted by molar-refractivity contribution is 0.102. The fraction of sp³-hybridized carbons (Fsp3) is 0.150. The number of carbonyl (C=O) groups is 1. The van der Waals surface area contributed by atoms with Gasteiger partial charge < -0.3 is 10.2 Å². The quantitative estimate of drug-likeness (QED) is 0.735. The van der Waals surface area contributed by atoms with Crippen LogP contribution in [0.4, 0.5) is 11.4 Å². The lowest BCUT2D eigenvalue weighted by Crippen LogP contribution is -2.26. The third-order valence-corrected chi connectivity index (χ3v) is 4.20. The van der Waals surface area contributed by atoms with Gasteiger partial charge in [0.25, 0.3) is 11.5 Å². The summed E-state index contributed by atoms with van der Waals surface area (Å²) < 4.78 is 1.27. The molecule has 0 saturated carbocycles. The summed E-state index contributed by atoms with van der Waals surface area (Å²) in [5.74, 6) is -0.415. The van der Waals surface area contributed by atoms with Crippen LogP contribution in [0.3, 0.4) is 0 Å². The van der Waals surface area contributed by atoms with Crippen molar-refractivity contribution in [2.45, 2.75) is 6.54 Å². The molecular formula is C20H19ClN4O2. The zero-order valence-corrected chi connectivity index (χ0v) is 15.8. The highest BCUT2D eigenvalue weighted by molar-refractivity contribution is 6.31. The first-order chi connectivity index (χ1) is 12.9. The number of halogens is 1. The lowest BCUT2D eigenvalue weighted by atomic mass is 10.2. The summed E-state index contributed by atoms with van der Waals surface area (Å²) >= 11 is 6.06. The molecule has 0 fully saturated rings. The summed E-state index contributed by atoms with van der Waals surface area (Å²) in [6, 6.07) is 17.5. The molecule has 0 aliphatic rings. The van der Waals surface area contributed by atoms with Gasteiger partial charge >= 0.3 is 0 Å². The molecule has 0 radical (unpaired) electrons. The number of amides is 1. The first-order valence-electron chi connectivity index (χ1n) is 8.34. The third-order valence-electron chi connectivity index (χ3n) is 3.96. The molecule has 7 heteroatoms. The highest BCUT2D eigenvalue weighted by Crippen LogP contribution is 2.28. The van der Waals surface area contributed by atoms with Gasteiger partial charge in [0.2, 0.25) is 0 Å². The van der Waals surface area contributed by atoms with Crippen molar-refractivity contribution in [3.63, 3.8) is 0 Å². The van der Waals surface area contributed by atoms with E-state index in [1.165, 1.54) is 16.8 Å². The summed E-state index contributed by atoms with van der Waals surface area (Å²) in [4.78, 5) is 26.6. The molecule has 138 valence electrons. The summed E-state index contributed by atoms with van der Waals surface area (Å²) in [7, 11) is 3.74. The molecule has 0 atom stereocenters. The molecule has 1 heterocycles. The summed E-state index contributed by atoms with van der Waals surface area (Å²) in [6.45, 7) is 0.293. The van der Waals surface area contributed by atoms with Gasteiger partial charge in [0.1, 0.15) is 5.69 Å². The summed E-state index contributed by atoms with van der Waals surface area (Å²) in [5.41, 5.74) is 2.18. The van der Waals surface area contributed by atoms with Gasteiger partial charge in [0.05, 0.1) is 17.9 Å². The minimum Gasteiger partial charge on any atom is -0.376 e. The Hall–Kier alpha value is -3.12. The number of carbonyl (C=O) groups excluding carboxylic acids is 1. The Kier molecular flexibility index (Phi) is 5.57. The molecule has 0 saturated heterocycles. The Bertz CT molecular complexity index is 1020. The Morgan fingerprint density at radius 1 is 1.11 bits per heavy atom.